The molecule has 3 heteroatoms. The fourth-order valence-electron chi connectivity index (χ4n) is 11.5. The normalized spacial score (nSPS) is 54.9. The van der Waals surface area contributed by atoms with Crippen molar-refractivity contribution in [3.63, 3.8) is 0 Å². The number of ketones is 1. The number of carbonyl (C=O) groups excluding carboxylic acids is 1. The van der Waals surface area contributed by atoms with Crippen LogP contribution < -0.4 is 0 Å². The zero-order valence-corrected chi connectivity index (χ0v) is 23.6. The van der Waals surface area contributed by atoms with Crippen LogP contribution in [-0.4, -0.2) is 28.2 Å². The molecule has 34 heavy (non-hydrogen) atoms. The molecular weight excluding hydrogens is 420 g/mol. The predicted molar refractivity (Wildman–Crippen MR) is 137 cm³/mol. The van der Waals surface area contributed by atoms with Crippen LogP contribution >= 0.6 is 0 Å². The van der Waals surface area contributed by atoms with Gasteiger partial charge in [-0.3, -0.25) is 4.79 Å². The Morgan fingerprint density at radius 3 is 1.91 bits per heavy atom. The molecule has 3 nitrogen and oxygen atoms in total. The van der Waals surface area contributed by atoms with E-state index >= 15 is 0 Å². The van der Waals surface area contributed by atoms with E-state index in [0.717, 1.165) is 25.7 Å². The molecule has 1 aliphatic heterocycles. The Labute approximate surface area is 209 Å². The molecule has 1 heterocycles. The molecule has 4 aliphatic carbocycles. The highest BCUT2D eigenvalue weighted by Crippen LogP contribution is 2.79. The van der Waals surface area contributed by atoms with Crippen LogP contribution in [0, 0.1) is 44.8 Å². The third kappa shape index (κ3) is 2.92. The molecule has 5 rings (SSSR count). The van der Waals surface area contributed by atoms with Crippen LogP contribution in [-0.2, 0) is 9.53 Å². The number of hydrogen-bond donors (Lipinski definition) is 1. The summed E-state index contributed by atoms with van der Waals surface area (Å²) in [6.07, 6.45) is 11.4. The third-order valence-corrected chi connectivity index (χ3v) is 13.8. The molecule has 0 aromatic heterocycles. The van der Waals surface area contributed by atoms with E-state index in [9.17, 15) is 9.90 Å². The van der Waals surface area contributed by atoms with Crippen molar-refractivity contribution in [2.75, 3.05) is 0 Å². The van der Waals surface area contributed by atoms with Crippen LogP contribution in [0.3, 0.4) is 0 Å². The monoisotopic (exact) mass is 472 g/mol. The van der Waals surface area contributed by atoms with Crippen LogP contribution in [0.1, 0.15) is 127 Å². The van der Waals surface area contributed by atoms with Crippen LogP contribution in [0.2, 0.25) is 0 Å². The molecule has 1 N–H and O–H groups in total. The van der Waals surface area contributed by atoms with Crippen LogP contribution in [0.4, 0.5) is 0 Å². The average molecular weight is 473 g/mol. The van der Waals surface area contributed by atoms with Gasteiger partial charge in [0.05, 0.1) is 17.3 Å². The van der Waals surface area contributed by atoms with E-state index in [2.05, 4.69) is 48.5 Å². The minimum absolute atomic E-state index is 0.0590. The molecule has 5 aliphatic rings. The van der Waals surface area contributed by atoms with Gasteiger partial charge < -0.3 is 9.84 Å². The van der Waals surface area contributed by atoms with Gasteiger partial charge in [0.2, 0.25) is 0 Å². The first-order valence-corrected chi connectivity index (χ1v) is 14.4. The topological polar surface area (TPSA) is 46.5 Å². The van der Waals surface area contributed by atoms with Gasteiger partial charge in [0.1, 0.15) is 5.78 Å². The van der Waals surface area contributed by atoms with E-state index in [4.69, 9.17) is 4.74 Å². The Hall–Kier alpha value is -0.410. The number of Topliss-reactive ketones (excluding diaryl/α,β-unsaturated/α-hetero) is 1. The smallest absolute Gasteiger partial charge is 0.138 e. The molecule has 9 atom stereocenters. The third-order valence-electron chi connectivity index (χ3n) is 13.8. The van der Waals surface area contributed by atoms with Crippen molar-refractivity contribution in [2.24, 2.45) is 44.8 Å². The summed E-state index contributed by atoms with van der Waals surface area (Å²) in [6.45, 7) is 21.2. The van der Waals surface area contributed by atoms with Gasteiger partial charge in [-0.25, -0.2) is 0 Å². The Kier molecular flexibility index (Phi) is 5.29. The van der Waals surface area contributed by atoms with Crippen molar-refractivity contribution in [3.8, 4) is 0 Å². The summed E-state index contributed by atoms with van der Waals surface area (Å²) in [5, 5.41) is 10.7. The summed E-state index contributed by atoms with van der Waals surface area (Å²) >= 11 is 0. The summed E-state index contributed by atoms with van der Waals surface area (Å²) in [5.41, 5.74) is 0.0271. The molecule has 0 aromatic rings. The minimum atomic E-state index is -0.775. The summed E-state index contributed by atoms with van der Waals surface area (Å²) in [7, 11) is 0. The van der Waals surface area contributed by atoms with E-state index in [0.29, 0.717) is 29.0 Å². The second kappa shape index (κ2) is 7.12. The molecule has 9 unspecified atom stereocenters. The number of aliphatic hydroxyl groups is 1. The molecule has 194 valence electrons. The Bertz CT molecular complexity index is 870. The minimum Gasteiger partial charge on any atom is -0.388 e. The second-order valence-corrected chi connectivity index (χ2v) is 15.7. The summed E-state index contributed by atoms with van der Waals surface area (Å²) < 4.78 is 6.78. The zero-order valence-electron chi connectivity index (χ0n) is 23.6. The average Bonchev–Trinajstić information content (AvgIpc) is 3.25. The molecule has 0 spiro atoms. The van der Waals surface area contributed by atoms with Gasteiger partial charge >= 0.3 is 0 Å². The van der Waals surface area contributed by atoms with E-state index in [1.165, 1.54) is 38.5 Å². The van der Waals surface area contributed by atoms with Crippen LogP contribution in [0.25, 0.3) is 0 Å². The lowest BCUT2D eigenvalue weighted by atomic mass is 9.33. The fraction of sp³-hybridized carbons (Fsp3) is 0.968. The maximum Gasteiger partial charge on any atom is 0.138 e. The zero-order chi connectivity index (χ0) is 25.2. The Morgan fingerprint density at radius 1 is 0.765 bits per heavy atom. The highest BCUT2D eigenvalue weighted by Gasteiger charge is 2.73. The van der Waals surface area contributed by atoms with Crippen molar-refractivity contribution < 1.29 is 14.6 Å². The van der Waals surface area contributed by atoms with Crippen molar-refractivity contribution in [3.05, 3.63) is 0 Å². The molecule has 0 amide bonds. The van der Waals surface area contributed by atoms with Gasteiger partial charge in [0, 0.05) is 11.8 Å². The van der Waals surface area contributed by atoms with Gasteiger partial charge in [-0.15, -0.1) is 0 Å². The number of ether oxygens (including phenoxy) is 1. The number of fused-ring (bicyclic) bond motifs is 5. The van der Waals surface area contributed by atoms with Gasteiger partial charge in [0.15, 0.2) is 0 Å². The number of hydrogen-bond acceptors (Lipinski definition) is 3. The second-order valence-electron chi connectivity index (χ2n) is 15.7. The number of carbonyl (C=O) groups is 1. The van der Waals surface area contributed by atoms with Crippen LogP contribution in [0.5, 0.6) is 0 Å². The van der Waals surface area contributed by atoms with Gasteiger partial charge in [-0.1, -0.05) is 41.5 Å². The van der Waals surface area contributed by atoms with Crippen molar-refractivity contribution in [2.45, 2.75) is 144 Å². The highest BCUT2D eigenvalue weighted by atomic mass is 16.5. The molecular formula is C31H52O3. The molecule has 0 radical (unpaired) electrons. The predicted octanol–water partition coefficient (Wildman–Crippen LogP) is 7.34. The maximum atomic E-state index is 12.9. The number of rotatable bonds is 2. The van der Waals surface area contributed by atoms with E-state index in [1.807, 2.05) is 13.8 Å². The lowest BCUT2D eigenvalue weighted by molar-refractivity contribution is -0.236. The first kappa shape index (κ1) is 25.2. The fourth-order valence-corrected chi connectivity index (χ4v) is 11.5. The van der Waals surface area contributed by atoms with Crippen molar-refractivity contribution in [1.82, 2.24) is 0 Å². The van der Waals surface area contributed by atoms with Crippen molar-refractivity contribution in [1.29, 1.82) is 0 Å². The first-order valence-electron chi connectivity index (χ1n) is 14.4. The van der Waals surface area contributed by atoms with Gasteiger partial charge in [-0.2, -0.15) is 0 Å². The highest BCUT2D eigenvalue weighted by molar-refractivity contribution is 5.85. The lowest BCUT2D eigenvalue weighted by Gasteiger charge is -2.71. The maximum absolute atomic E-state index is 12.9. The van der Waals surface area contributed by atoms with Crippen LogP contribution in [0.15, 0.2) is 0 Å². The Morgan fingerprint density at radius 2 is 1.32 bits per heavy atom. The van der Waals surface area contributed by atoms with E-state index < -0.39 is 5.60 Å². The van der Waals surface area contributed by atoms with E-state index in [1.54, 1.807) is 0 Å². The lowest BCUT2D eigenvalue weighted by Crippen LogP contribution is -2.66. The Balaban J connectivity index is 1.49. The molecule has 1 saturated heterocycles. The molecule has 4 saturated carbocycles. The molecule has 0 bridgehead atoms. The summed E-state index contributed by atoms with van der Waals surface area (Å²) in [4.78, 5) is 12.9. The van der Waals surface area contributed by atoms with Gasteiger partial charge in [-0.05, 0) is 118 Å². The van der Waals surface area contributed by atoms with Crippen molar-refractivity contribution >= 4 is 5.78 Å². The standard InChI is InChI=1S/C31H52O3/c1-25(2)20-10-16-28(6)21(27(20,5)15-13-23(25)32)11-17-29(7)22(12-19-31(28,29)9)30(8)18-14-24(34-30)26(3,4)33/h20-22,24,33H,10-19H2,1-9H3. The van der Waals surface area contributed by atoms with Gasteiger partial charge in [0.25, 0.3) is 0 Å². The summed E-state index contributed by atoms with van der Waals surface area (Å²) in [6, 6.07) is 0. The quantitative estimate of drug-likeness (QED) is 0.457. The molecule has 0 aromatic carbocycles. The SMILES string of the molecule is CC(C)(O)C1CCC(C)(C2CCC3(C)C2(C)CCC2C4(C)CCC(=O)C(C)(C)C4CCC23C)O1. The largest absolute Gasteiger partial charge is 0.388 e. The summed E-state index contributed by atoms with van der Waals surface area (Å²) in [5.74, 6) is 2.26. The van der Waals surface area contributed by atoms with E-state index in [-0.39, 0.29) is 33.4 Å². The molecule has 5 fully saturated rings. The first-order chi connectivity index (χ1) is 15.5.